The second kappa shape index (κ2) is 2.33. The minimum Gasteiger partial charge on any atom is -0.177 e. The van der Waals surface area contributed by atoms with Crippen molar-refractivity contribution in [2.24, 2.45) is 0 Å². The first kappa shape index (κ1) is 5.77. The molecule has 0 atom stereocenters. The molecule has 0 fully saturated rings. The second-order valence-corrected chi connectivity index (χ2v) is 1.61. The predicted octanol–water partition coefficient (Wildman–Crippen LogP) is -1.55. The van der Waals surface area contributed by atoms with E-state index < -0.39 is 0 Å². The van der Waals surface area contributed by atoms with Gasteiger partial charge in [0, 0.05) is 0 Å². The third kappa shape index (κ3) is 1.000. The van der Waals surface area contributed by atoms with Crippen molar-refractivity contribution in [3.8, 4) is 11.6 Å². The molecule has 0 bridgehead atoms. The van der Waals surface area contributed by atoms with Gasteiger partial charge in [-0.1, -0.05) is 0 Å². The maximum absolute atomic E-state index is 3.63. The third-order valence-corrected chi connectivity index (χ3v) is 0.954. The molecule has 2 aromatic rings. The molecule has 0 saturated carbocycles. The minimum atomic E-state index is 0.251. The van der Waals surface area contributed by atoms with E-state index in [0.717, 1.165) is 0 Å². The van der Waals surface area contributed by atoms with E-state index >= 15 is 0 Å². The summed E-state index contributed by atoms with van der Waals surface area (Å²) < 4.78 is 0. The van der Waals surface area contributed by atoms with E-state index in [1.165, 1.54) is 6.33 Å². The van der Waals surface area contributed by atoms with E-state index in [2.05, 4.69) is 41.0 Å². The first-order valence-corrected chi connectivity index (χ1v) is 2.71. The number of rotatable bonds is 1. The second-order valence-electron chi connectivity index (χ2n) is 1.61. The molecule has 0 spiro atoms. The van der Waals surface area contributed by atoms with Gasteiger partial charge in [0.2, 0.25) is 11.6 Å². The van der Waals surface area contributed by atoms with Gasteiger partial charge in [-0.15, -0.1) is 30.6 Å². The molecule has 0 radical (unpaired) electrons. The van der Waals surface area contributed by atoms with E-state index in [1.807, 2.05) is 0 Å². The number of hydrogen-bond acceptors (Lipinski definition) is 7. The molecule has 0 aliphatic carbocycles. The Hall–Kier alpha value is -1.99. The fourth-order valence-corrected chi connectivity index (χ4v) is 0.550. The van der Waals surface area contributed by atoms with Crippen LogP contribution in [-0.4, -0.2) is 41.0 Å². The van der Waals surface area contributed by atoms with Crippen molar-refractivity contribution in [3.63, 3.8) is 0 Å². The first-order chi connectivity index (χ1) is 5.47. The number of nitrogens with one attached hydrogen (secondary N) is 1. The zero-order valence-corrected chi connectivity index (χ0v) is 5.21. The van der Waals surface area contributed by atoms with Crippen molar-refractivity contribution in [1.29, 1.82) is 0 Å². The summed E-state index contributed by atoms with van der Waals surface area (Å²) in [5, 5.41) is 27.1. The Morgan fingerprint density at radius 1 is 1.00 bits per heavy atom. The molecule has 2 rings (SSSR count). The van der Waals surface area contributed by atoms with Crippen molar-refractivity contribution in [3.05, 3.63) is 6.33 Å². The van der Waals surface area contributed by atoms with Crippen molar-refractivity contribution in [2.45, 2.75) is 0 Å². The van der Waals surface area contributed by atoms with Gasteiger partial charge in [-0.2, -0.15) is 5.21 Å². The molecule has 0 amide bonds. The van der Waals surface area contributed by atoms with Crippen LogP contribution < -0.4 is 0 Å². The Morgan fingerprint density at radius 2 is 1.82 bits per heavy atom. The molecule has 0 unspecified atom stereocenters. The van der Waals surface area contributed by atoms with Gasteiger partial charge in [-0.3, -0.25) is 0 Å². The average molecular weight is 150 g/mol. The maximum atomic E-state index is 3.63. The highest BCUT2D eigenvalue weighted by atomic mass is 15.5. The van der Waals surface area contributed by atoms with Crippen molar-refractivity contribution >= 4 is 0 Å². The van der Waals surface area contributed by atoms with E-state index in [0.29, 0.717) is 0 Å². The summed E-state index contributed by atoms with van der Waals surface area (Å²) in [5.41, 5.74) is 0. The standard InChI is InChI=1S/C3H2N8/c1-4-6-2(7-5-1)3-8-10-11-9-3/h1H,(H,8,9,10,11). The summed E-state index contributed by atoms with van der Waals surface area (Å²) in [6.45, 7) is 0. The van der Waals surface area contributed by atoms with E-state index in [4.69, 9.17) is 0 Å². The molecular formula is C3H2N8. The quantitative estimate of drug-likeness (QED) is 0.524. The lowest BCUT2D eigenvalue weighted by Crippen LogP contribution is -1.95. The van der Waals surface area contributed by atoms with E-state index in [9.17, 15) is 0 Å². The van der Waals surface area contributed by atoms with Crippen LogP contribution in [0.2, 0.25) is 0 Å². The predicted molar refractivity (Wildman–Crippen MR) is 30.8 cm³/mol. The number of tetrazole rings is 1. The van der Waals surface area contributed by atoms with Crippen molar-refractivity contribution in [2.75, 3.05) is 0 Å². The van der Waals surface area contributed by atoms with Gasteiger partial charge >= 0.3 is 0 Å². The van der Waals surface area contributed by atoms with E-state index in [-0.39, 0.29) is 11.6 Å². The van der Waals surface area contributed by atoms with Gasteiger partial charge in [0.1, 0.15) is 0 Å². The lowest BCUT2D eigenvalue weighted by Gasteiger charge is -1.84. The number of hydrogen-bond donors (Lipinski definition) is 1. The van der Waals surface area contributed by atoms with Crippen molar-refractivity contribution in [1.82, 2.24) is 41.0 Å². The monoisotopic (exact) mass is 150 g/mol. The first-order valence-electron chi connectivity index (χ1n) is 2.71. The molecule has 1 N–H and O–H groups in total. The van der Waals surface area contributed by atoms with Gasteiger partial charge in [0.25, 0.3) is 0 Å². The number of aromatic amines is 1. The molecule has 2 aromatic heterocycles. The normalized spacial score (nSPS) is 9.82. The summed E-state index contributed by atoms with van der Waals surface area (Å²) in [6.07, 6.45) is 1.23. The molecule has 0 aliphatic rings. The van der Waals surface area contributed by atoms with Crippen LogP contribution >= 0.6 is 0 Å². The van der Waals surface area contributed by atoms with Gasteiger partial charge in [-0.25, -0.2) is 0 Å². The SMILES string of the molecule is c1nnc(-c2nn[nH]n2)nn1. The Labute approximate surface area is 60.1 Å². The molecule has 8 heteroatoms. The molecule has 11 heavy (non-hydrogen) atoms. The van der Waals surface area contributed by atoms with Crippen LogP contribution in [0, 0.1) is 0 Å². The van der Waals surface area contributed by atoms with Gasteiger partial charge in [0.15, 0.2) is 6.33 Å². The molecule has 54 valence electrons. The zero-order chi connectivity index (χ0) is 7.52. The Kier molecular flexibility index (Phi) is 1.22. The lowest BCUT2D eigenvalue weighted by atomic mass is 10.6. The van der Waals surface area contributed by atoms with Crippen molar-refractivity contribution < 1.29 is 0 Å². The van der Waals surface area contributed by atoms with Crippen LogP contribution in [-0.2, 0) is 0 Å². The summed E-state index contributed by atoms with van der Waals surface area (Å²) in [6, 6.07) is 0. The van der Waals surface area contributed by atoms with Crippen LogP contribution in [0.5, 0.6) is 0 Å². The maximum Gasteiger partial charge on any atom is 0.245 e. The Balaban J connectivity index is 2.46. The molecule has 0 saturated heterocycles. The number of nitrogens with zero attached hydrogens (tertiary/aromatic N) is 7. The molecule has 2 heterocycles. The highest BCUT2D eigenvalue weighted by molar-refractivity contribution is 5.37. The summed E-state index contributed by atoms with van der Waals surface area (Å²) in [5.74, 6) is 0.534. The summed E-state index contributed by atoms with van der Waals surface area (Å²) >= 11 is 0. The zero-order valence-electron chi connectivity index (χ0n) is 5.21. The fraction of sp³-hybridized carbons (Fsp3) is 0. The number of aromatic nitrogens is 8. The van der Waals surface area contributed by atoms with Crippen LogP contribution in [0.25, 0.3) is 11.6 Å². The van der Waals surface area contributed by atoms with Gasteiger partial charge < -0.3 is 0 Å². The Bertz CT molecular complexity index is 312. The molecule has 8 nitrogen and oxygen atoms in total. The molecular weight excluding hydrogens is 148 g/mol. The highest BCUT2D eigenvalue weighted by Gasteiger charge is 2.04. The fourth-order valence-electron chi connectivity index (χ4n) is 0.550. The molecule has 0 aliphatic heterocycles. The Morgan fingerprint density at radius 3 is 2.45 bits per heavy atom. The molecule has 0 aromatic carbocycles. The topological polar surface area (TPSA) is 106 Å². The van der Waals surface area contributed by atoms with Crippen LogP contribution in [0.4, 0.5) is 0 Å². The smallest absolute Gasteiger partial charge is 0.177 e. The van der Waals surface area contributed by atoms with Gasteiger partial charge in [-0.05, 0) is 5.21 Å². The van der Waals surface area contributed by atoms with Gasteiger partial charge in [0.05, 0.1) is 0 Å². The van der Waals surface area contributed by atoms with Crippen LogP contribution in [0.15, 0.2) is 6.33 Å². The van der Waals surface area contributed by atoms with E-state index in [1.54, 1.807) is 0 Å². The minimum absolute atomic E-state index is 0.251. The van der Waals surface area contributed by atoms with Crippen LogP contribution in [0.3, 0.4) is 0 Å². The summed E-state index contributed by atoms with van der Waals surface area (Å²) in [4.78, 5) is 0. The highest BCUT2D eigenvalue weighted by Crippen LogP contribution is 1.99. The third-order valence-electron chi connectivity index (χ3n) is 0.954. The van der Waals surface area contributed by atoms with Crippen LogP contribution in [0.1, 0.15) is 0 Å². The number of H-pyrrole nitrogens is 1. The lowest BCUT2D eigenvalue weighted by molar-refractivity contribution is 0.852. The summed E-state index contributed by atoms with van der Waals surface area (Å²) in [7, 11) is 0. The largest absolute Gasteiger partial charge is 0.245 e. The average Bonchev–Trinajstić information content (AvgIpc) is 2.58.